The number of thiazole rings is 1. The lowest BCUT2D eigenvalue weighted by atomic mass is 10.0. The fourth-order valence-corrected chi connectivity index (χ4v) is 5.94. The summed E-state index contributed by atoms with van der Waals surface area (Å²) in [5.41, 5.74) is 1.15. The molecule has 3 heterocycles. The molecule has 0 N–H and O–H groups in total. The minimum atomic E-state index is -0.976. The number of hydrogen-bond donors (Lipinski definition) is 0. The van der Waals surface area contributed by atoms with E-state index in [-0.39, 0.29) is 40.0 Å². The topological polar surface area (TPSA) is 117 Å². The average Bonchev–Trinajstić information content (AvgIpc) is 3.48. The van der Waals surface area contributed by atoms with E-state index >= 15 is 0 Å². The molecule has 0 bridgehead atoms. The molecule has 5 rings (SSSR count). The van der Waals surface area contributed by atoms with Crippen LogP contribution < -0.4 is 14.9 Å². The number of benzene rings is 2. The second-order valence-electron chi connectivity index (χ2n) is 8.48. The Balaban J connectivity index is 1.70. The van der Waals surface area contributed by atoms with Crippen LogP contribution in [0.1, 0.15) is 31.2 Å². The molecule has 0 saturated heterocycles. The predicted molar refractivity (Wildman–Crippen MR) is 150 cm³/mol. The fraction of sp³-hybridized carbons (Fsp3) is 0.148. The smallest absolute Gasteiger partial charge is 0.338 e. The molecule has 0 spiro atoms. The molecule has 0 fully saturated rings. The number of aromatic nitrogens is 1. The number of furan rings is 1. The summed E-state index contributed by atoms with van der Waals surface area (Å²) in [5, 5.41) is 11.6. The Morgan fingerprint density at radius 1 is 1.28 bits per heavy atom. The first-order chi connectivity index (χ1) is 18.7. The molecule has 2 aromatic carbocycles. The lowest BCUT2D eigenvalue weighted by Crippen LogP contribution is -2.39. The Bertz CT molecular complexity index is 1860. The minimum absolute atomic E-state index is 0.127. The number of nitro groups is 1. The quantitative estimate of drug-likeness (QED) is 0.161. The van der Waals surface area contributed by atoms with Gasteiger partial charge in [0.25, 0.3) is 11.2 Å². The molecule has 0 aliphatic carbocycles. The summed E-state index contributed by atoms with van der Waals surface area (Å²) >= 11 is 11.0. The van der Waals surface area contributed by atoms with E-state index < -0.39 is 16.9 Å². The normalized spacial score (nSPS) is 15.2. The summed E-state index contributed by atoms with van der Waals surface area (Å²) in [4.78, 5) is 42.5. The van der Waals surface area contributed by atoms with E-state index in [9.17, 15) is 19.7 Å². The van der Waals surface area contributed by atoms with Crippen molar-refractivity contribution in [1.82, 2.24) is 4.57 Å². The molecule has 12 heteroatoms. The maximum atomic E-state index is 13.7. The van der Waals surface area contributed by atoms with Gasteiger partial charge in [-0.3, -0.25) is 19.5 Å². The van der Waals surface area contributed by atoms with E-state index in [1.807, 2.05) is 24.3 Å². The number of halogens is 2. The summed E-state index contributed by atoms with van der Waals surface area (Å²) in [6.07, 6.45) is 1.76. The van der Waals surface area contributed by atoms with E-state index in [1.165, 1.54) is 34.1 Å². The number of carbonyl (C=O) groups excluding carboxylic acids is 1. The molecule has 2 aromatic heterocycles. The van der Waals surface area contributed by atoms with Crippen LogP contribution in [-0.2, 0) is 9.53 Å². The average molecular weight is 629 g/mol. The van der Waals surface area contributed by atoms with Gasteiger partial charge < -0.3 is 9.15 Å². The van der Waals surface area contributed by atoms with Gasteiger partial charge in [0.05, 0.1) is 32.4 Å². The van der Waals surface area contributed by atoms with Gasteiger partial charge in [0, 0.05) is 22.2 Å². The highest BCUT2D eigenvalue weighted by Crippen LogP contribution is 2.37. The van der Waals surface area contributed by atoms with E-state index in [0.29, 0.717) is 20.6 Å². The molecule has 39 heavy (non-hydrogen) atoms. The van der Waals surface area contributed by atoms with Crippen LogP contribution in [0.5, 0.6) is 0 Å². The predicted octanol–water partition coefficient (Wildman–Crippen LogP) is 5.38. The lowest BCUT2D eigenvalue weighted by Gasteiger charge is -2.22. The van der Waals surface area contributed by atoms with Gasteiger partial charge in [-0.25, -0.2) is 9.79 Å². The van der Waals surface area contributed by atoms with Gasteiger partial charge in [-0.1, -0.05) is 51.0 Å². The van der Waals surface area contributed by atoms with Crippen LogP contribution in [0.25, 0.3) is 17.4 Å². The van der Waals surface area contributed by atoms with Gasteiger partial charge >= 0.3 is 5.97 Å². The van der Waals surface area contributed by atoms with Gasteiger partial charge in [-0.2, -0.15) is 0 Å². The number of nitrogens with zero attached hydrogens (tertiary/aromatic N) is 3. The second kappa shape index (κ2) is 10.8. The highest BCUT2D eigenvalue weighted by atomic mass is 79.9. The van der Waals surface area contributed by atoms with Gasteiger partial charge in [-0.05, 0) is 55.8 Å². The number of nitro benzene ring substituents is 1. The standard InChI is InChI=1S/C27H19BrClN3O6S/c1-3-37-26(34)23-14(2)30-27-31(25(33)22(39-27)12-15-5-4-6-16(28)11-15)24(23)21-10-9-20(38-21)18-13-17(32(35)36)7-8-19(18)29/h4-13,24H,3H2,1-2H3/b22-12-/t24-/m0/s1. The molecule has 198 valence electrons. The van der Waals surface area contributed by atoms with E-state index in [2.05, 4.69) is 20.9 Å². The Labute approximate surface area is 238 Å². The van der Waals surface area contributed by atoms with Crippen LogP contribution >= 0.6 is 38.9 Å². The zero-order valence-corrected chi connectivity index (χ0v) is 23.7. The minimum Gasteiger partial charge on any atom is -0.463 e. The number of ether oxygens (including phenoxy) is 1. The molecule has 9 nitrogen and oxygen atoms in total. The first-order valence-electron chi connectivity index (χ1n) is 11.7. The molecular formula is C27H19BrClN3O6S. The van der Waals surface area contributed by atoms with Crippen molar-refractivity contribution in [3.8, 4) is 11.3 Å². The van der Waals surface area contributed by atoms with Crippen molar-refractivity contribution in [2.75, 3.05) is 6.61 Å². The number of rotatable bonds is 6. The Kier molecular flexibility index (Phi) is 7.39. The zero-order chi connectivity index (χ0) is 27.8. The molecule has 4 aromatic rings. The van der Waals surface area contributed by atoms with Gasteiger partial charge in [0.1, 0.15) is 17.6 Å². The molecule has 1 aliphatic heterocycles. The van der Waals surface area contributed by atoms with E-state index in [0.717, 1.165) is 10.0 Å². The number of fused-ring (bicyclic) bond motifs is 1. The summed E-state index contributed by atoms with van der Waals surface area (Å²) in [6, 6.07) is 13.7. The molecule has 0 saturated carbocycles. The lowest BCUT2D eigenvalue weighted by molar-refractivity contribution is -0.384. The van der Waals surface area contributed by atoms with Crippen LogP contribution in [0.4, 0.5) is 5.69 Å². The third-order valence-electron chi connectivity index (χ3n) is 5.99. The van der Waals surface area contributed by atoms with Crippen LogP contribution in [0.15, 0.2) is 84.5 Å². The fourth-order valence-electron chi connectivity index (χ4n) is 4.27. The van der Waals surface area contributed by atoms with Crippen molar-refractivity contribution in [1.29, 1.82) is 0 Å². The first-order valence-corrected chi connectivity index (χ1v) is 13.7. The van der Waals surface area contributed by atoms with Crippen molar-refractivity contribution in [2.24, 2.45) is 4.99 Å². The number of hydrogen-bond acceptors (Lipinski definition) is 8. The molecule has 0 unspecified atom stereocenters. The first kappa shape index (κ1) is 26.8. The highest BCUT2D eigenvalue weighted by Gasteiger charge is 2.35. The number of allylic oxidation sites excluding steroid dienone is 1. The Morgan fingerprint density at radius 2 is 2.08 bits per heavy atom. The Hall–Kier alpha value is -3.80. The third kappa shape index (κ3) is 5.12. The summed E-state index contributed by atoms with van der Waals surface area (Å²) in [5.74, 6) is -0.135. The van der Waals surface area contributed by atoms with Crippen LogP contribution in [0.3, 0.4) is 0 Å². The van der Waals surface area contributed by atoms with Crippen molar-refractivity contribution < 1.29 is 18.9 Å². The summed E-state index contributed by atoms with van der Waals surface area (Å²) in [6.45, 7) is 3.49. The van der Waals surface area contributed by atoms with Crippen molar-refractivity contribution >= 4 is 56.6 Å². The maximum Gasteiger partial charge on any atom is 0.338 e. The third-order valence-corrected chi connectivity index (χ3v) is 7.79. The zero-order valence-electron chi connectivity index (χ0n) is 20.5. The highest BCUT2D eigenvalue weighted by molar-refractivity contribution is 9.10. The van der Waals surface area contributed by atoms with Gasteiger partial charge in [0.2, 0.25) is 0 Å². The maximum absolute atomic E-state index is 13.7. The van der Waals surface area contributed by atoms with Crippen molar-refractivity contribution in [2.45, 2.75) is 19.9 Å². The second-order valence-corrected chi connectivity index (χ2v) is 10.8. The van der Waals surface area contributed by atoms with Crippen molar-refractivity contribution in [3.05, 3.63) is 116 Å². The molecule has 1 aliphatic rings. The van der Waals surface area contributed by atoms with E-state index in [4.69, 9.17) is 20.8 Å². The molecule has 1 atom stereocenters. The molecular weight excluding hydrogens is 610 g/mol. The number of non-ortho nitro benzene ring substituents is 1. The largest absolute Gasteiger partial charge is 0.463 e. The van der Waals surface area contributed by atoms with Crippen LogP contribution in [0, 0.1) is 10.1 Å². The van der Waals surface area contributed by atoms with Crippen molar-refractivity contribution in [3.63, 3.8) is 0 Å². The van der Waals surface area contributed by atoms with Gasteiger partial charge in [0.15, 0.2) is 4.80 Å². The van der Waals surface area contributed by atoms with Crippen LogP contribution in [0.2, 0.25) is 5.02 Å². The number of esters is 1. The van der Waals surface area contributed by atoms with E-state index in [1.54, 1.807) is 32.1 Å². The monoisotopic (exact) mass is 627 g/mol. The Morgan fingerprint density at radius 3 is 2.79 bits per heavy atom. The molecule has 0 radical (unpaired) electrons. The number of carbonyl (C=O) groups is 1. The molecule has 0 amide bonds. The SMILES string of the molecule is CCOC(=O)C1=C(C)N=c2s/c(=C\c3cccc(Br)c3)c(=O)n2[C@H]1c1ccc(-c2cc([N+](=O)[O-])ccc2Cl)o1. The summed E-state index contributed by atoms with van der Waals surface area (Å²) in [7, 11) is 0. The van der Waals surface area contributed by atoms with Crippen LogP contribution in [-0.4, -0.2) is 22.1 Å². The summed E-state index contributed by atoms with van der Waals surface area (Å²) < 4.78 is 14.1. The van der Waals surface area contributed by atoms with Gasteiger partial charge in [-0.15, -0.1) is 0 Å².